The first-order chi connectivity index (χ1) is 14.1. The van der Waals surface area contributed by atoms with E-state index in [-0.39, 0.29) is 24.5 Å². The number of hydrogen-bond acceptors (Lipinski definition) is 3. The normalized spacial score (nSPS) is 20.0. The molecule has 0 spiro atoms. The summed E-state index contributed by atoms with van der Waals surface area (Å²) in [4.78, 5) is 25.5. The third-order valence-electron chi connectivity index (χ3n) is 6.28. The van der Waals surface area contributed by atoms with E-state index < -0.39 is 5.41 Å². The summed E-state index contributed by atoms with van der Waals surface area (Å²) >= 11 is 6.01. The van der Waals surface area contributed by atoms with E-state index in [9.17, 15) is 9.59 Å². The van der Waals surface area contributed by atoms with Gasteiger partial charge in [0.05, 0.1) is 11.5 Å². The van der Waals surface area contributed by atoms with E-state index in [1.807, 2.05) is 24.3 Å². The Morgan fingerprint density at radius 2 is 1.76 bits per heavy atom. The zero-order chi connectivity index (χ0) is 20.3. The summed E-state index contributed by atoms with van der Waals surface area (Å²) in [6.45, 7) is -0.243. The van der Waals surface area contributed by atoms with Crippen molar-refractivity contribution in [3.63, 3.8) is 0 Å². The number of carbonyl (C=O) groups is 2. The summed E-state index contributed by atoms with van der Waals surface area (Å²) < 4.78 is 5.52. The zero-order valence-electron chi connectivity index (χ0n) is 16.5. The lowest BCUT2D eigenvalue weighted by Gasteiger charge is -2.28. The number of aryl methyl sites for hydroxylation is 1. The van der Waals surface area contributed by atoms with Crippen molar-refractivity contribution in [2.45, 2.75) is 56.4 Å². The maximum Gasteiger partial charge on any atom is 0.317 e. The van der Waals surface area contributed by atoms with Crippen molar-refractivity contribution in [2.75, 3.05) is 6.61 Å². The van der Waals surface area contributed by atoms with Crippen LogP contribution in [0.3, 0.4) is 0 Å². The van der Waals surface area contributed by atoms with Gasteiger partial charge in [-0.2, -0.15) is 0 Å². The Hall–Kier alpha value is -2.33. The molecule has 152 valence electrons. The molecule has 5 heteroatoms. The number of carbonyl (C=O) groups excluding carboxylic acids is 2. The second-order valence-electron chi connectivity index (χ2n) is 8.08. The third-order valence-corrected chi connectivity index (χ3v) is 6.54. The summed E-state index contributed by atoms with van der Waals surface area (Å²) in [6.07, 6.45) is 6.43. The third kappa shape index (κ3) is 4.18. The molecule has 1 N–H and O–H groups in total. The average Bonchev–Trinajstić information content (AvgIpc) is 3.24. The number of rotatable bonds is 5. The molecular weight excluding hydrogens is 386 g/mol. The Labute approximate surface area is 176 Å². The van der Waals surface area contributed by atoms with E-state index >= 15 is 0 Å². The van der Waals surface area contributed by atoms with Crippen molar-refractivity contribution in [3.8, 4) is 0 Å². The smallest absolute Gasteiger partial charge is 0.317 e. The maximum absolute atomic E-state index is 13.0. The summed E-state index contributed by atoms with van der Waals surface area (Å²) in [5.74, 6) is -0.555. The minimum atomic E-state index is -0.664. The lowest BCUT2D eigenvalue weighted by Crippen LogP contribution is -2.39. The molecule has 2 aliphatic rings. The second kappa shape index (κ2) is 8.58. The van der Waals surface area contributed by atoms with Crippen LogP contribution in [0.25, 0.3) is 0 Å². The molecule has 2 aliphatic carbocycles. The van der Waals surface area contributed by atoms with Gasteiger partial charge >= 0.3 is 5.97 Å². The summed E-state index contributed by atoms with van der Waals surface area (Å²) in [6, 6.07) is 15.6. The molecule has 1 atom stereocenters. The minimum absolute atomic E-state index is 0.0112. The molecule has 4 nitrogen and oxygen atoms in total. The van der Waals surface area contributed by atoms with E-state index in [1.54, 1.807) is 12.1 Å². The predicted octanol–water partition coefficient (Wildman–Crippen LogP) is 4.89. The quantitative estimate of drug-likeness (QED) is 0.712. The molecule has 2 aromatic rings. The van der Waals surface area contributed by atoms with Gasteiger partial charge in [0.2, 0.25) is 0 Å². The molecule has 29 heavy (non-hydrogen) atoms. The highest BCUT2D eigenvalue weighted by molar-refractivity contribution is 6.30. The summed E-state index contributed by atoms with van der Waals surface area (Å²) in [5.41, 5.74) is 2.72. The highest BCUT2D eigenvalue weighted by atomic mass is 35.5. The fraction of sp³-hybridized carbons (Fsp3) is 0.417. The van der Waals surface area contributed by atoms with Crippen molar-refractivity contribution in [1.29, 1.82) is 0 Å². The van der Waals surface area contributed by atoms with Gasteiger partial charge in [-0.15, -0.1) is 0 Å². The van der Waals surface area contributed by atoms with Gasteiger partial charge < -0.3 is 10.1 Å². The van der Waals surface area contributed by atoms with Gasteiger partial charge in [-0.05, 0) is 60.9 Å². The second-order valence-corrected chi connectivity index (χ2v) is 8.52. The van der Waals surface area contributed by atoms with E-state index in [4.69, 9.17) is 16.3 Å². The average molecular weight is 412 g/mol. The molecule has 0 bridgehead atoms. The standard InChI is InChI=1S/C24H26ClNO3/c25-19-12-10-18(11-13-19)24(14-3-4-15-24)23(28)29-16-22(27)26-21-9-5-7-17-6-1-2-8-20(17)21/h1-2,6,8,10-13,21H,3-5,7,9,14-16H2,(H,26,27). The van der Waals surface area contributed by atoms with Gasteiger partial charge in [0, 0.05) is 5.02 Å². The van der Waals surface area contributed by atoms with Crippen molar-refractivity contribution < 1.29 is 14.3 Å². The van der Waals surface area contributed by atoms with Crippen LogP contribution in [-0.2, 0) is 26.2 Å². The molecule has 4 rings (SSSR count). The number of esters is 1. The lowest BCUT2D eigenvalue weighted by molar-refractivity contribution is -0.154. The Morgan fingerprint density at radius 1 is 1.03 bits per heavy atom. The first kappa shape index (κ1) is 20.0. The number of benzene rings is 2. The fourth-order valence-corrected chi connectivity index (χ4v) is 4.89. The van der Waals surface area contributed by atoms with Gasteiger partial charge in [0.15, 0.2) is 6.61 Å². The lowest BCUT2D eigenvalue weighted by atomic mass is 9.79. The molecule has 2 aromatic carbocycles. The molecule has 1 unspecified atom stereocenters. The largest absolute Gasteiger partial charge is 0.455 e. The SMILES string of the molecule is O=C(COC(=O)C1(c2ccc(Cl)cc2)CCCC1)NC1CCCc2ccccc21. The molecule has 1 amide bonds. The van der Waals surface area contributed by atoms with Crippen LogP contribution in [0.2, 0.25) is 5.02 Å². The molecule has 1 saturated carbocycles. The van der Waals surface area contributed by atoms with Crippen LogP contribution in [0.1, 0.15) is 61.3 Å². The van der Waals surface area contributed by atoms with E-state index in [0.717, 1.165) is 50.5 Å². The van der Waals surface area contributed by atoms with Crippen LogP contribution in [0.5, 0.6) is 0 Å². The number of nitrogens with one attached hydrogen (secondary N) is 1. The Morgan fingerprint density at radius 3 is 2.52 bits per heavy atom. The van der Waals surface area contributed by atoms with Crippen LogP contribution in [0, 0.1) is 0 Å². The number of amides is 1. The predicted molar refractivity (Wildman–Crippen MR) is 113 cm³/mol. The molecule has 1 fully saturated rings. The van der Waals surface area contributed by atoms with Crippen LogP contribution < -0.4 is 5.32 Å². The van der Waals surface area contributed by atoms with Crippen LogP contribution in [0.15, 0.2) is 48.5 Å². The van der Waals surface area contributed by atoms with Gasteiger partial charge in [-0.25, -0.2) is 0 Å². The Bertz CT molecular complexity index is 887. The van der Waals surface area contributed by atoms with Crippen LogP contribution >= 0.6 is 11.6 Å². The minimum Gasteiger partial charge on any atom is -0.455 e. The van der Waals surface area contributed by atoms with Gasteiger partial charge in [-0.3, -0.25) is 9.59 Å². The summed E-state index contributed by atoms with van der Waals surface area (Å²) in [7, 11) is 0. The number of hydrogen-bond donors (Lipinski definition) is 1. The molecule has 0 radical (unpaired) electrons. The van der Waals surface area contributed by atoms with Crippen molar-refractivity contribution in [2.24, 2.45) is 0 Å². The van der Waals surface area contributed by atoms with Crippen molar-refractivity contribution in [3.05, 3.63) is 70.2 Å². The highest BCUT2D eigenvalue weighted by Crippen LogP contribution is 2.42. The number of ether oxygens (including phenoxy) is 1. The maximum atomic E-state index is 13.0. The Balaban J connectivity index is 1.40. The van der Waals surface area contributed by atoms with E-state index in [1.165, 1.54) is 11.1 Å². The van der Waals surface area contributed by atoms with E-state index in [0.29, 0.717) is 5.02 Å². The van der Waals surface area contributed by atoms with Crippen LogP contribution in [0.4, 0.5) is 0 Å². The van der Waals surface area contributed by atoms with E-state index in [2.05, 4.69) is 17.4 Å². The first-order valence-corrected chi connectivity index (χ1v) is 10.8. The van der Waals surface area contributed by atoms with Crippen molar-refractivity contribution >= 4 is 23.5 Å². The monoisotopic (exact) mass is 411 g/mol. The molecule has 0 aliphatic heterocycles. The zero-order valence-corrected chi connectivity index (χ0v) is 17.2. The van der Waals surface area contributed by atoms with Gasteiger partial charge in [-0.1, -0.05) is 60.8 Å². The molecule has 0 heterocycles. The number of halogens is 1. The van der Waals surface area contributed by atoms with Crippen molar-refractivity contribution in [1.82, 2.24) is 5.32 Å². The first-order valence-electron chi connectivity index (χ1n) is 10.4. The fourth-order valence-electron chi connectivity index (χ4n) is 4.77. The molecule has 0 aromatic heterocycles. The molecular formula is C24H26ClNO3. The topological polar surface area (TPSA) is 55.4 Å². The Kier molecular flexibility index (Phi) is 5.91. The highest BCUT2D eigenvalue weighted by Gasteiger charge is 2.44. The van der Waals surface area contributed by atoms with Gasteiger partial charge in [0.25, 0.3) is 5.91 Å². The van der Waals surface area contributed by atoms with Gasteiger partial charge in [0.1, 0.15) is 0 Å². The summed E-state index contributed by atoms with van der Waals surface area (Å²) in [5, 5.41) is 3.69. The molecule has 0 saturated heterocycles. The van der Waals surface area contributed by atoms with Crippen LogP contribution in [-0.4, -0.2) is 18.5 Å². The number of fused-ring (bicyclic) bond motifs is 1.